The molecule has 0 amide bonds. The molecule has 158 valence electrons. The van der Waals surface area contributed by atoms with Gasteiger partial charge < -0.3 is 14.5 Å². The van der Waals surface area contributed by atoms with Gasteiger partial charge in [-0.2, -0.15) is 0 Å². The molecular formula is C27H24N4O. The average molecular weight is 421 g/mol. The number of nitrogens with zero attached hydrogens (tertiary/aromatic N) is 4. The van der Waals surface area contributed by atoms with Crippen LogP contribution in [0, 0.1) is 0 Å². The summed E-state index contributed by atoms with van der Waals surface area (Å²) >= 11 is 0. The fraction of sp³-hybridized carbons (Fsp3) is 0.185. The summed E-state index contributed by atoms with van der Waals surface area (Å²) in [4.78, 5) is 13.2. The average Bonchev–Trinajstić information content (AvgIpc) is 3.10. The molecule has 3 heterocycles. The minimum Gasteiger partial charge on any atom is -0.457 e. The molecule has 1 spiro atoms. The number of hydrogen-bond donors (Lipinski definition) is 0. The Morgan fingerprint density at radius 1 is 0.625 bits per heavy atom. The zero-order valence-corrected chi connectivity index (χ0v) is 18.6. The van der Waals surface area contributed by atoms with Crippen molar-refractivity contribution in [2.75, 3.05) is 38.0 Å². The Hall–Kier alpha value is -3.86. The molecule has 6 rings (SSSR count). The van der Waals surface area contributed by atoms with E-state index in [9.17, 15) is 0 Å². The molecular weight excluding hydrogens is 396 g/mol. The van der Waals surface area contributed by atoms with Gasteiger partial charge in [-0.1, -0.05) is 0 Å². The number of fused-ring (bicyclic) bond motifs is 9. The second kappa shape index (κ2) is 6.57. The Bertz CT molecular complexity index is 1270. The third kappa shape index (κ3) is 2.33. The summed E-state index contributed by atoms with van der Waals surface area (Å²) in [6.07, 6.45) is 7.70. The molecule has 0 bridgehead atoms. The van der Waals surface area contributed by atoms with Crippen molar-refractivity contribution in [1.29, 1.82) is 0 Å². The minimum atomic E-state index is -0.502. The van der Waals surface area contributed by atoms with Crippen LogP contribution >= 0.6 is 0 Å². The fourth-order valence-electron chi connectivity index (χ4n) is 5.22. The molecule has 0 saturated carbocycles. The highest BCUT2D eigenvalue weighted by Crippen LogP contribution is 2.62. The van der Waals surface area contributed by atoms with Crippen molar-refractivity contribution >= 4 is 11.4 Å². The van der Waals surface area contributed by atoms with Crippen LogP contribution in [0.4, 0.5) is 11.4 Å². The Labute approximate surface area is 187 Å². The maximum atomic E-state index is 6.50. The maximum absolute atomic E-state index is 6.50. The van der Waals surface area contributed by atoms with E-state index in [1.54, 1.807) is 0 Å². The summed E-state index contributed by atoms with van der Waals surface area (Å²) in [6.45, 7) is 0. The Morgan fingerprint density at radius 3 is 1.53 bits per heavy atom. The van der Waals surface area contributed by atoms with Crippen molar-refractivity contribution in [1.82, 2.24) is 9.97 Å². The van der Waals surface area contributed by atoms with Crippen molar-refractivity contribution in [3.8, 4) is 22.6 Å². The maximum Gasteiger partial charge on any atom is 0.132 e. The smallest absolute Gasteiger partial charge is 0.132 e. The van der Waals surface area contributed by atoms with Gasteiger partial charge in [-0.15, -0.1) is 0 Å². The summed E-state index contributed by atoms with van der Waals surface area (Å²) in [5.74, 6) is 1.77. The SMILES string of the molecule is CN(C)c1ccc2c(c1)C1(c3cc(N(C)C)ccc3O2)c2ccncc2-c2cnccc21. The number of hydrogen-bond acceptors (Lipinski definition) is 5. The van der Waals surface area contributed by atoms with Gasteiger partial charge in [-0.25, -0.2) is 0 Å². The van der Waals surface area contributed by atoms with Crippen molar-refractivity contribution < 1.29 is 4.74 Å². The van der Waals surface area contributed by atoms with Gasteiger partial charge in [0.15, 0.2) is 0 Å². The zero-order chi connectivity index (χ0) is 22.0. The van der Waals surface area contributed by atoms with Crippen LogP contribution in [0.25, 0.3) is 11.1 Å². The fourth-order valence-corrected chi connectivity index (χ4v) is 5.22. The first-order valence-electron chi connectivity index (χ1n) is 10.7. The van der Waals surface area contributed by atoms with Gasteiger partial charge >= 0.3 is 0 Å². The van der Waals surface area contributed by atoms with Crippen LogP contribution in [-0.2, 0) is 5.41 Å². The number of benzene rings is 2. The second-order valence-electron chi connectivity index (χ2n) is 8.84. The van der Waals surface area contributed by atoms with Crippen LogP contribution in [0.5, 0.6) is 11.5 Å². The van der Waals surface area contributed by atoms with Crippen LogP contribution < -0.4 is 14.5 Å². The van der Waals surface area contributed by atoms with Gasteiger partial charge in [0.05, 0.1) is 5.41 Å². The predicted molar refractivity (Wildman–Crippen MR) is 128 cm³/mol. The van der Waals surface area contributed by atoms with E-state index < -0.39 is 5.41 Å². The third-order valence-electron chi connectivity index (χ3n) is 6.73. The molecule has 32 heavy (non-hydrogen) atoms. The highest BCUT2D eigenvalue weighted by atomic mass is 16.5. The van der Waals surface area contributed by atoms with E-state index >= 15 is 0 Å². The van der Waals surface area contributed by atoms with E-state index in [-0.39, 0.29) is 0 Å². The molecule has 0 unspecified atom stereocenters. The lowest BCUT2D eigenvalue weighted by atomic mass is 9.66. The monoisotopic (exact) mass is 420 g/mol. The largest absolute Gasteiger partial charge is 0.457 e. The van der Waals surface area contributed by atoms with Crippen LogP contribution in [0.2, 0.25) is 0 Å². The summed E-state index contributed by atoms with van der Waals surface area (Å²) in [5, 5.41) is 0. The molecule has 4 aromatic rings. The Balaban J connectivity index is 1.80. The van der Waals surface area contributed by atoms with E-state index in [2.05, 4.69) is 96.5 Å². The van der Waals surface area contributed by atoms with Crippen molar-refractivity contribution in [2.45, 2.75) is 5.41 Å². The topological polar surface area (TPSA) is 41.5 Å². The van der Waals surface area contributed by atoms with Gasteiger partial charge in [0.1, 0.15) is 11.5 Å². The first-order valence-corrected chi connectivity index (χ1v) is 10.7. The van der Waals surface area contributed by atoms with Crippen LogP contribution in [-0.4, -0.2) is 38.2 Å². The minimum absolute atomic E-state index is 0.502. The summed E-state index contributed by atoms with van der Waals surface area (Å²) in [7, 11) is 8.28. The normalized spacial score (nSPS) is 14.1. The number of rotatable bonds is 2. The molecule has 0 radical (unpaired) electrons. The number of aromatic nitrogens is 2. The Morgan fingerprint density at radius 2 is 1.09 bits per heavy atom. The van der Waals surface area contributed by atoms with Gasteiger partial charge in [-0.05, 0) is 59.7 Å². The van der Waals surface area contributed by atoms with Crippen molar-refractivity contribution in [3.63, 3.8) is 0 Å². The molecule has 1 aliphatic carbocycles. The molecule has 0 saturated heterocycles. The molecule has 1 aliphatic heterocycles. The van der Waals surface area contributed by atoms with E-state index in [0.717, 1.165) is 45.1 Å². The lowest BCUT2D eigenvalue weighted by Gasteiger charge is -2.40. The zero-order valence-electron chi connectivity index (χ0n) is 18.6. The number of anilines is 2. The lowest BCUT2D eigenvalue weighted by molar-refractivity contribution is 0.436. The quantitative estimate of drug-likeness (QED) is 0.391. The molecule has 0 N–H and O–H groups in total. The van der Waals surface area contributed by atoms with Crippen LogP contribution in [0.1, 0.15) is 22.3 Å². The molecule has 5 nitrogen and oxygen atoms in total. The van der Waals surface area contributed by atoms with Gasteiger partial charge in [0.25, 0.3) is 0 Å². The van der Waals surface area contributed by atoms with Gasteiger partial charge in [0, 0.05) is 86.6 Å². The molecule has 2 aromatic carbocycles. The van der Waals surface area contributed by atoms with E-state index in [1.165, 1.54) is 11.1 Å². The highest BCUT2D eigenvalue weighted by molar-refractivity contribution is 5.88. The van der Waals surface area contributed by atoms with E-state index in [4.69, 9.17) is 4.74 Å². The summed E-state index contributed by atoms with van der Waals surface area (Å²) in [5.41, 5.74) is 8.74. The first-order chi connectivity index (χ1) is 15.5. The lowest BCUT2D eigenvalue weighted by Crippen LogP contribution is -2.33. The standard InChI is InChI=1S/C27H24N4O/c1-30(2)17-5-7-25-23(13-17)27(24-14-18(31(3)4)6-8-26(24)32-25)21-9-11-28-15-19(21)20-16-29-12-10-22(20)27/h5-16H,1-4H3. The van der Waals surface area contributed by atoms with Crippen molar-refractivity contribution in [2.24, 2.45) is 0 Å². The third-order valence-corrected chi connectivity index (χ3v) is 6.73. The summed E-state index contributed by atoms with van der Waals surface area (Å²) in [6, 6.07) is 17.2. The number of pyridine rings is 2. The van der Waals surface area contributed by atoms with Gasteiger partial charge in [-0.3, -0.25) is 9.97 Å². The second-order valence-corrected chi connectivity index (χ2v) is 8.84. The van der Waals surface area contributed by atoms with Crippen molar-refractivity contribution in [3.05, 3.63) is 95.6 Å². The van der Waals surface area contributed by atoms with E-state index in [0.29, 0.717) is 0 Å². The molecule has 2 aromatic heterocycles. The highest BCUT2D eigenvalue weighted by Gasteiger charge is 2.51. The predicted octanol–water partition coefficient (Wildman–Crippen LogP) is 5.08. The first kappa shape index (κ1) is 18.9. The van der Waals surface area contributed by atoms with Gasteiger partial charge in [0.2, 0.25) is 0 Å². The summed E-state index contributed by atoms with van der Waals surface area (Å²) < 4.78 is 6.50. The van der Waals surface area contributed by atoms with E-state index in [1.807, 2.05) is 24.8 Å². The molecule has 5 heteroatoms. The molecule has 2 aliphatic rings. The number of ether oxygens (including phenoxy) is 1. The Kier molecular flexibility index (Phi) is 3.87. The van der Waals surface area contributed by atoms with Crippen LogP contribution in [0.3, 0.4) is 0 Å². The molecule has 0 fully saturated rings. The van der Waals surface area contributed by atoms with Crippen LogP contribution in [0.15, 0.2) is 73.3 Å². The molecule has 0 atom stereocenters.